The van der Waals surface area contributed by atoms with Crippen LogP contribution in [0.3, 0.4) is 0 Å². The van der Waals surface area contributed by atoms with Gasteiger partial charge in [-0.15, -0.1) is 24.8 Å². The van der Waals surface area contributed by atoms with E-state index in [2.05, 4.69) is 26.6 Å². The average molecular weight is 447 g/mol. The fraction of sp³-hybridized carbons (Fsp3) is 0.833. The van der Waals surface area contributed by atoms with Crippen LogP contribution in [0.5, 0.6) is 0 Å². The second-order valence-electron chi connectivity index (χ2n) is 5.66. The quantitative estimate of drug-likeness (QED) is 0.513. The first kappa shape index (κ1) is 19.7. The Kier molecular flexibility index (Phi) is 10.5. The van der Waals surface area contributed by atoms with Crippen LogP contribution < -0.4 is 0 Å². The predicted molar refractivity (Wildman–Crippen MR) is 77.4 cm³/mol. The van der Waals surface area contributed by atoms with Crippen molar-refractivity contribution < 1.29 is 24.4 Å². The van der Waals surface area contributed by atoms with Crippen LogP contribution in [0.15, 0.2) is 8.90 Å². The summed E-state index contributed by atoms with van der Waals surface area (Å²) in [6, 6.07) is 0. The maximum absolute atomic E-state index is 2.54. The number of hydrogen-bond donors (Lipinski definition) is 0. The summed E-state index contributed by atoms with van der Waals surface area (Å²) in [5.74, 6) is 0. The molecular formula is C12H25Cl2HfSi. The number of hydrogen-bond acceptors (Lipinski definition) is 0. The van der Waals surface area contributed by atoms with Crippen LogP contribution in [-0.4, -0.2) is 8.07 Å². The first-order chi connectivity index (χ1) is 6.45. The zero-order valence-electron chi connectivity index (χ0n) is 10.9. The molecule has 0 nitrogen and oxygen atoms in total. The Hall–Kier alpha value is 1.41. The van der Waals surface area contributed by atoms with Crippen LogP contribution in [0, 0.1) is 0 Å². The molecule has 1 unspecified atom stereocenters. The Morgan fingerprint density at radius 2 is 1.75 bits per heavy atom. The first-order valence-corrected chi connectivity index (χ1v) is 11.2. The van der Waals surface area contributed by atoms with Gasteiger partial charge in [-0.05, 0) is 0 Å². The van der Waals surface area contributed by atoms with E-state index in [9.17, 15) is 0 Å². The molecule has 1 aliphatic carbocycles. The molecular weight excluding hydrogens is 422 g/mol. The van der Waals surface area contributed by atoms with Gasteiger partial charge in [-0.25, -0.2) is 0 Å². The van der Waals surface area contributed by atoms with Gasteiger partial charge in [0.15, 0.2) is 0 Å². The van der Waals surface area contributed by atoms with Crippen LogP contribution in [0.1, 0.15) is 39.0 Å². The van der Waals surface area contributed by atoms with Crippen LogP contribution in [0.2, 0.25) is 25.2 Å². The van der Waals surface area contributed by atoms with Gasteiger partial charge in [-0.3, -0.25) is 0 Å². The molecule has 0 bridgehead atoms. The minimum atomic E-state index is -0.866. The van der Waals surface area contributed by atoms with E-state index in [4.69, 9.17) is 0 Å². The molecule has 16 heavy (non-hydrogen) atoms. The zero-order chi connectivity index (χ0) is 10.8. The Morgan fingerprint density at radius 1 is 1.19 bits per heavy atom. The van der Waals surface area contributed by atoms with E-state index in [1.54, 1.807) is 0 Å². The first-order valence-electron chi connectivity index (χ1n) is 5.87. The third kappa shape index (κ3) is 5.84. The van der Waals surface area contributed by atoms with E-state index in [0.717, 1.165) is 5.54 Å². The van der Waals surface area contributed by atoms with Gasteiger partial charge >= 0.3 is 106 Å². The molecule has 0 amide bonds. The molecule has 95 valence electrons. The van der Waals surface area contributed by atoms with Crippen molar-refractivity contribution in [3.05, 3.63) is 8.90 Å². The Bertz CT molecular complexity index is 234. The summed E-state index contributed by atoms with van der Waals surface area (Å²) in [6.07, 6.45) is 7.13. The number of rotatable bonds is 4. The van der Waals surface area contributed by atoms with Gasteiger partial charge in [-0.1, -0.05) is 0 Å². The molecule has 1 aliphatic rings. The van der Waals surface area contributed by atoms with E-state index < -0.39 is 8.07 Å². The number of halogens is 2. The Balaban J connectivity index is 0. The fourth-order valence-electron chi connectivity index (χ4n) is 2.14. The third-order valence-electron chi connectivity index (χ3n) is 3.43. The van der Waals surface area contributed by atoms with Crippen molar-refractivity contribution >= 4 is 32.9 Å². The van der Waals surface area contributed by atoms with E-state index in [0.29, 0.717) is 0 Å². The minimum Gasteiger partial charge on any atom is -0.147 e. The summed E-state index contributed by atoms with van der Waals surface area (Å²) in [4.78, 5) is 0. The molecule has 0 heterocycles. The summed E-state index contributed by atoms with van der Waals surface area (Å²) in [6.45, 7) is 9.91. The van der Waals surface area contributed by atoms with Gasteiger partial charge in [0.2, 0.25) is 0 Å². The van der Waals surface area contributed by atoms with Crippen LogP contribution >= 0.6 is 24.8 Å². The minimum absolute atomic E-state index is 0. The third-order valence-corrected chi connectivity index (χ3v) is 8.29. The van der Waals surface area contributed by atoms with Crippen LogP contribution in [0.4, 0.5) is 0 Å². The number of unbranched alkanes of at least 4 members (excludes halogenated alkanes) is 1. The van der Waals surface area contributed by atoms with E-state index in [-0.39, 0.29) is 24.8 Å². The molecule has 0 radical (unpaired) electrons. The molecule has 1 atom stereocenters. The molecule has 1 rings (SSSR count). The van der Waals surface area contributed by atoms with Crippen molar-refractivity contribution in [2.75, 3.05) is 0 Å². The maximum Gasteiger partial charge on any atom is -0.147 e. The maximum atomic E-state index is 2.54. The van der Waals surface area contributed by atoms with Crippen molar-refractivity contribution in [2.45, 2.75) is 64.2 Å². The molecule has 0 spiro atoms. The monoisotopic (exact) mass is 447 g/mol. The van der Waals surface area contributed by atoms with Crippen molar-refractivity contribution in [1.29, 1.82) is 0 Å². The summed E-state index contributed by atoms with van der Waals surface area (Å²) in [5.41, 5.74) is 2.94. The van der Waals surface area contributed by atoms with Gasteiger partial charge in [0.25, 0.3) is 0 Å². The van der Waals surface area contributed by atoms with Crippen molar-refractivity contribution in [2.24, 2.45) is 0 Å². The molecule has 0 aromatic heterocycles. The van der Waals surface area contributed by atoms with Crippen molar-refractivity contribution in [1.82, 2.24) is 0 Å². The second-order valence-corrected chi connectivity index (χ2v) is 13.4. The zero-order valence-corrected chi connectivity index (χ0v) is 17.2. The van der Waals surface area contributed by atoms with E-state index >= 15 is 0 Å². The van der Waals surface area contributed by atoms with Crippen LogP contribution in [-0.2, 0) is 24.4 Å². The summed E-state index contributed by atoms with van der Waals surface area (Å²) in [7, 11) is -0.866. The van der Waals surface area contributed by atoms with Crippen LogP contribution in [0.25, 0.3) is 0 Å². The van der Waals surface area contributed by atoms with Gasteiger partial charge in [0, 0.05) is 0 Å². The summed E-state index contributed by atoms with van der Waals surface area (Å²) >= 11 is 1.33. The van der Waals surface area contributed by atoms with E-state index in [1.165, 1.54) is 56.5 Å². The van der Waals surface area contributed by atoms with Gasteiger partial charge in [0.1, 0.15) is 0 Å². The molecule has 0 saturated carbocycles. The van der Waals surface area contributed by atoms with Gasteiger partial charge in [-0.2, -0.15) is 0 Å². The Morgan fingerprint density at radius 3 is 2.12 bits per heavy atom. The largest absolute Gasteiger partial charge is 0.147 e. The SMILES string of the molecule is CCCCC1=[C]([Hf])CC([Si](C)(C)C)C1.Cl.Cl. The fourth-order valence-corrected chi connectivity index (χ4v) is 6.25. The molecule has 0 fully saturated rings. The molecule has 0 aromatic rings. The van der Waals surface area contributed by atoms with Gasteiger partial charge < -0.3 is 0 Å². The van der Waals surface area contributed by atoms with Crippen molar-refractivity contribution in [3.63, 3.8) is 0 Å². The molecule has 0 aliphatic heterocycles. The second kappa shape index (κ2) is 8.50. The molecule has 0 aromatic carbocycles. The summed E-state index contributed by atoms with van der Waals surface area (Å²) in [5, 5.41) is 0. The molecule has 0 N–H and O–H groups in total. The average Bonchev–Trinajstić information content (AvgIpc) is 2.43. The van der Waals surface area contributed by atoms with Gasteiger partial charge in [0.05, 0.1) is 0 Å². The predicted octanol–water partition coefficient (Wildman–Crippen LogP) is 5.32. The smallest absolute Gasteiger partial charge is 0.147 e. The molecule has 4 heteroatoms. The van der Waals surface area contributed by atoms with E-state index in [1.807, 2.05) is 8.90 Å². The van der Waals surface area contributed by atoms with Crippen molar-refractivity contribution in [3.8, 4) is 0 Å². The molecule has 0 saturated heterocycles. The Labute approximate surface area is 129 Å². The normalized spacial score (nSPS) is 20.3. The number of allylic oxidation sites excluding steroid dienone is 2. The summed E-state index contributed by atoms with van der Waals surface area (Å²) < 4.78 is 1.87. The topological polar surface area (TPSA) is 0 Å². The standard InChI is InChI=1S/C12H23Si.2ClH.Hf/c1-5-6-7-11-8-9-12(10-11)13(2,3)4;;;/h12H,5-7,9-10H2,1-4H3;2*1H;.